The van der Waals surface area contributed by atoms with E-state index in [-0.39, 0.29) is 5.41 Å². The van der Waals surface area contributed by atoms with Crippen molar-refractivity contribution in [2.45, 2.75) is 19.3 Å². The van der Waals surface area contributed by atoms with Crippen LogP contribution in [-0.4, -0.2) is 4.57 Å². The van der Waals surface area contributed by atoms with Crippen molar-refractivity contribution < 1.29 is 0 Å². The zero-order valence-corrected chi connectivity index (χ0v) is 34.2. The number of hydrogen-bond acceptors (Lipinski definition) is 1. The molecule has 1 aliphatic carbocycles. The molecule has 1 heterocycles. The van der Waals surface area contributed by atoms with Crippen LogP contribution >= 0.6 is 0 Å². The van der Waals surface area contributed by atoms with Crippen LogP contribution in [0.15, 0.2) is 218 Å². The molecule has 2 nitrogen and oxygen atoms in total. The first-order chi connectivity index (χ1) is 30.0. The molecule has 0 saturated carbocycles. The molecule has 0 radical (unpaired) electrons. The SMILES string of the molecule is CC1(C)c2ccccc2-c2ccc(N(c3ccc(-c4cccc(-c5ccc6c(c5)c5ccccc5n6-c5ccc6ccccc6c5)c4)cc3)c3cccc4ccccc34)cc21. The summed E-state index contributed by atoms with van der Waals surface area (Å²) in [4.78, 5) is 2.44. The van der Waals surface area contributed by atoms with E-state index >= 15 is 0 Å². The van der Waals surface area contributed by atoms with Crippen LogP contribution in [0.5, 0.6) is 0 Å². The summed E-state index contributed by atoms with van der Waals surface area (Å²) in [7, 11) is 0. The van der Waals surface area contributed by atoms with E-state index in [4.69, 9.17) is 0 Å². The molecule has 0 saturated heterocycles. The number of nitrogens with zero attached hydrogens (tertiary/aromatic N) is 2. The highest BCUT2D eigenvalue weighted by Crippen LogP contribution is 2.51. The predicted octanol–water partition coefficient (Wildman–Crippen LogP) is 16.2. The minimum Gasteiger partial charge on any atom is -0.310 e. The summed E-state index contributed by atoms with van der Waals surface area (Å²) in [6.07, 6.45) is 0. The number of benzene rings is 10. The summed E-state index contributed by atoms with van der Waals surface area (Å²) in [6, 6.07) is 80.4. The lowest BCUT2D eigenvalue weighted by atomic mass is 9.82. The van der Waals surface area contributed by atoms with Crippen molar-refractivity contribution in [3.05, 3.63) is 230 Å². The van der Waals surface area contributed by atoms with Gasteiger partial charge in [0, 0.05) is 38.6 Å². The molecule has 0 amide bonds. The maximum Gasteiger partial charge on any atom is 0.0541 e. The van der Waals surface area contributed by atoms with Crippen molar-refractivity contribution >= 4 is 60.4 Å². The minimum atomic E-state index is -0.0972. The molecule has 0 bridgehead atoms. The Morgan fingerprint density at radius 1 is 0.361 bits per heavy atom. The maximum atomic E-state index is 2.44. The lowest BCUT2D eigenvalue weighted by Crippen LogP contribution is -2.16. The molecule has 1 aliphatic rings. The third kappa shape index (κ3) is 5.64. The largest absolute Gasteiger partial charge is 0.310 e. The predicted molar refractivity (Wildman–Crippen MR) is 259 cm³/mol. The fourth-order valence-corrected chi connectivity index (χ4v) is 10.1. The van der Waals surface area contributed by atoms with Gasteiger partial charge >= 0.3 is 0 Å². The van der Waals surface area contributed by atoms with Gasteiger partial charge in [0.1, 0.15) is 0 Å². The van der Waals surface area contributed by atoms with Crippen LogP contribution in [-0.2, 0) is 5.41 Å². The Kier molecular flexibility index (Phi) is 7.92. The van der Waals surface area contributed by atoms with Crippen LogP contribution in [0.1, 0.15) is 25.0 Å². The second-order valence-corrected chi connectivity index (χ2v) is 17.0. The van der Waals surface area contributed by atoms with Gasteiger partial charge < -0.3 is 9.47 Å². The molecule has 288 valence electrons. The first-order valence-corrected chi connectivity index (χ1v) is 21.3. The zero-order chi connectivity index (χ0) is 40.7. The van der Waals surface area contributed by atoms with Crippen molar-refractivity contribution in [1.82, 2.24) is 4.57 Å². The van der Waals surface area contributed by atoms with Crippen LogP contribution in [0.4, 0.5) is 17.1 Å². The van der Waals surface area contributed by atoms with E-state index in [1.165, 1.54) is 99.2 Å². The average molecular weight is 779 g/mol. The van der Waals surface area contributed by atoms with Crippen molar-refractivity contribution in [1.29, 1.82) is 0 Å². The molecular weight excluding hydrogens is 737 g/mol. The summed E-state index contributed by atoms with van der Waals surface area (Å²) in [5.41, 5.74) is 17.1. The second-order valence-electron chi connectivity index (χ2n) is 17.0. The minimum absolute atomic E-state index is 0.0972. The van der Waals surface area contributed by atoms with Crippen LogP contribution in [0.2, 0.25) is 0 Å². The van der Waals surface area contributed by atoms with Gasteiger partial charge in [0.2, 0.25) is 0 Å². The fourth-order valence-electron chi connectivity index (χ4n) is 10.1. The van der Waals surface area contributed by atoms with Crippen molar-refractivity contribution in [2.24, 2.45) is 0 Å². The third-order valence-corrected chi connectivity index (χ3v) is 13.2. The quantitative estimate of drug-likeness (QED) is 0.163. The lowest BCUT2D eigenvalue weighted by molar-refractivity contribution is 0.660. The Bertz CT molecular complexity index is 3510. The standard InChI is InChI=1S/C59H42N2/c1-59(2)54-22-9-7-20-50(54)51-33-32-48(38-55(51)59)60(56-24-12-16-41-14-5-6-19-49(41)56)46-29-25-40(26-30-46)42-17-11-18-43(35-42)45-28-34-58-53(37-45)52-21-8-10-23-57(52)61(58)47-31-27-39-13-3-4-15-44(39)36-47/h3-38H,1-2H3. The van der Waals surface area contributed by atoms with E-state index in [1.54, 1.807) is 0 Å². The van der Waals surface area contributed by atoms with Crippen LogP contribution < -0.4 is 4.90 Å². The van der Waals surface area contributed by atoms with Crippen molar-refractivity contribution in [3.63, 3.8) is 0 Å². The molecule has 0 unspecified atom stereocenters. The molecule has 0 N–H and O–H groups in total. The van der Waals surface area contributed by atoms with Crippen molar-refractivity contribution in [2.75, 3.05) is 4.90 Å². The highest BCUT2D eigenvalue weighted by Gasteiger charge is 2.35. The van der Waals surface area contributed by atoms with Gasteiger partial charge in [-0.05, 0) is 127 Å². The lowest BCUT2D eigenvalue weighted by Gasteiger charge is -2.29. The van der Waals surface area contributed by atoms with E-state index in [9.17, 15) is 0 Å². The van der Waals surface area contributed by atoms with Crippen LogP contribution in [0.3, 0.4) is 0 Å². The monoisotopic (exact) mass is 778 g/mol. The van der Waals surface area contributed by atoms with E-state index in [2.05, 4.69) is 242 Å². The van der Waals surface area contributed by atoms with E-state index < -0.39 is 0 Å². The Labute approximate surface area is 356 Å². The van der Waals surface area contributed by atoms with Crippen molar-refractivity contribution in [3.8, 4) is 39.1 Å². The Morgan fingerprint density at radius 3 is 1.85 bits per heavy atom. The Morgan fingerprint density at radius 2 is 0.984 bits per heavy atom. The number of rotatable bonds is 6. The number of anilines is 3. The van der Waals surface area contributed by atoms with Gasteiger partial charge in [0.25, 0.3) is 0 Å². The van der Waals surface area contributed by atoms with E-state index in [0.29, 0.717) is 0 Å². The number of hydrogen-bond donors (Lipinski definition) is 0. The molecule has 0 fully saturated rings. The third-order valence-electron chi connectivity index (χ3n) is 13.2. The van der Waals surface area contributed by atoms with Gasteiger partial charge in [0.15, 0.2) is 0 Å². The number of fused-ring (bicyclic) bond motifs is 8. The second kappa shape index (κ2) is 13.7. The molecular formula is C59H42N2. The molecule has 10 aromatic carbocycles. The summed E-state index contributed by atoms with van der Waals surface area (Å²) in [6.45, 7) is 4.71. The molecule has 0 aliphatic heterocycles. The highest BCUT2D eigenvalue weighted by atomic mass is 15.1. The van der Waals surface area contributed by atoms with Crippen LogP contribution in [0.25, 0.3) is 82.4 Å². The smallest absolute Gasteiger partial charge is 0.0541 e. The molecule has 1 aromatic heterocycles. The first-order valence-electron chi connectivity index (χ1n) is 21.3. The Hall–Kier alpha value is -7.68. The summed E-state index contributed by atoms with van der Waals surface area (Å²) >= 11 is 0. The molecule has 0 atom stereocenters. The first kappa shape index (κ1) is 35.3. The van der Waals surface area contributed by atoms with Gasteiger partial charge in [-0.15, -0.1) is 0 Å². The molecule has 61 heavy (non-hydrogen) atoms. The summed E-state index contributed by atoms with van der Waals surface area (Å²) in [5, 5.41) is 7.45. The normalized spacial score (nSPS) is 12.9. The van der Waals surface area contributed by atoms with Gasteiger partial charge in [-0.1, -0.05) is 166 Å². The molecule has 2 heteroatoms. The summed E-state index contributed by atoms with van der Waals surface area (Å²) < 4.78 is 2.41. The fraction of sp³-hybridized carbons (Fsp3) is 0.0508. The number of aromatic nitrogens is 1. The average Bonchev–Trinajstić information content (AvgIpc) is 3.77. The zero-order valence-electron chi connectivity index (χ0n) is 34.2. The van der Waals surface area contributed by atoms with Gasteiger partial charge in [0.05, 0.1) is 16.7 Å². The van der Waals surface area contributed by atoms with E-state index in [1.807, 2.05) is 0 Å². The maximum absolute atomic E-state index is 2.44. The molecule has 12 rings (SSSR count). The molecule has 11 aromatic rings. The topological polar surface area (TPSA) is 8.17 Å². The summed E-state index contributed by atoms with van der Waals surface area (Å²) in [5.74, 6) is 0. The Balaban J connectivity index is 0.929. The van der Waals surface area contributed by atoms with Gasteiger partial charge in [-0.25, -0.2) is 0 Å². The van der Waals surface area contributed by atoms with Gasteiger partial charge in [-0.2, -0.15) is 0 Å². The van der Waals surface area contributed by atoms with Gasteiger partial charge in [-0.3, -0.25) is 0 Å². The number of para-hydroxylation sites is 1. The van der Waals surface area contributed by atoms with E-state index in [0.717, 1.165) is 11.4 Å². The van der Waals surface area contributed by atoms with Crippen LogP contribution in [0, 0.1) is 0 Å². The molecule has 0 spiro atoms. The highest BCUT2D eigenvalue weighted by molar-refractivity contribution is 6.11.